The summed E-state index contributed by atoms with van der Waals surface area (Å²) in [6.45, 7) is 0.518. The van der Waals surface area contributed by atoms with E-state index in [0.29, 0.717) is 0 Å². The van der Waals surface area contributed by atoms with E-state index in [1.54, 1.807) is 0 Å². The minimum absolute atomic E-state index is 0.0973. The highest BCUT2D eigenvalue weighted by molar-refractivity contribution is 5.68. The van der Waals surface area contributed by atoms with E-state index >= 15 is 0 Å². The van der Waals surface area contributed by atoms with Crippen molar-refractivity contribution in [3.63, 3.8) is 0 Å². The number of ether oxygens (including phenoxy) is 2. The number of carbonyl (C=O) groups excluding carboxylic acids is 2. The molecular formula is C12H16N2O4. The van der Waals surface area contributed by atoms with E-state index in [9.17, 15) is 9.59 Å². The van der Waals surface area contributed by atoms with Crippen molar-refractivity contribution in [1.82, 2.24) is 10.6 Å². The van der Waals surface area contributed by atoms with Crippen molar-refractivity contribution in [3.8, 4) is 0 Å². The number of alkyl carbamates (subject to hydrolysis) is 2. The number of amides is 2. The zero-order valence-electron chi connectivity index (χ0n) is 10.1. The zero-order chi connectivity index (χ0) is 13.2. The highest BCUT2D eigenvalue weighted by Crippen LogP contribution is 2.00. The van der Waals surface area contributed by atoms with Crippen molar-refractivity contribution in [2.45, 2.75) is 6.61 Å². The van der Waals surface area contributed by atoms with E-state index in [4.69, 9.17) is 4.74 Å². The van der Waals surface area contributed by atoms with Crippen molar-refractivity contribution in [1.29, 1.82) is 0 Å². The molecule has 0 fully saturated rings. The van der Waals surface area contributed by atoms with Gasteiger partial charge < -0.3 is 20.1 Å². The van der Waals surface area contributed by atoms with Gasteiger partial charge in [-0.1, -0.05) is 30.3 Å². The Hall–Kier alpha value is -2.24. The van der Waals surface area contributed by atoms with E-state index in [2.05, 4.69) is 15.4 Å². The third-order valence-corrected chi connectivity index (χ3v) is 2.02. The molecule has 18 heavy (non-hydrogen) atoms. The molecule has 6 heteroatoms. The van der Waals surface area contributed by atoms with Gasteiger partial charge in [-0.15, -0.1) is 0 Å². The molecule has 0 spiro atoms. The fourth-order valence-corrected chi connectivity index (χ4v) is 1.14. The average molecular weight is 252 g/mol. The van der Waals surface area contributed by atoms with Crippen LogP contribution in [0.3, 0.4) is 0 Å². The maximum atomic E-state index is 11.2. The number of benzene rings is 1. The van der Waals surface area contributed by atoms with Gasteiger partial charge in [0.05, 0.1) is 6.54 Å². The number of hydrogen-bond acceptors (Lipinski definition) is 4. The highest BCUT2D eigenvalue weighted by atomic mass is 16.6. The molecule has 0 saturated heterocycles. The van der Waals surface area contributed by atoms with Crippen LogP contribution in [0.25, 0.3) is 0 Å². The summed E-state index contributed by atoms with van der Waals surface area (Å²) in [6, 6.07) is 9.35. The van der Waals surface area contributed by atoms with Crippen LogP contribution in [-0.4, -0.2) is 32.4 Å². The molecule has 1 aromatic carbocycles. The lowest BCUT2D eigenvalue weighted by molar-refractivity contribution is 0.129. The topological polar surface area (TPSA) is 76.7 Å². The number of hydrogen-bond donors (Lipinski definition) is 2. The number of rotatable bonds is 5. The molecule has 0 aliphatic rings. The maximum Gasteiger partial charge on any atom is 0.407 e. The molecule has 6 nitrogen and oxygen atoms in total. The van der Waals surface area contributed by atoms with Gasteiger partial charge in [-0.25, -0.2) is 9.59 Å². The Labute approximate surface area is 105 Å². The lowest BCUT2D eigenvalue weighted by atomic mass is 10.2. The van der Waals surface area contributed by atoms with Crippen LogP contribution in [-0.2, 0) is 16.1 Å². The second-order valence-electron chi connectivity index (χ2n) is 3.37. The summed E-state index contributed by atoms with van der Waals surface area (Å²) in [6.07, 6.45) is -1.08. The average Bonchev–Trinajstić information content (AvgIpc) is 2.42. The second-order valence-corrected chi connectivity index (χ2v) is 3.37. The molecule has 2 N–H and O–H groups in total. The van der Waals surface area contributed by atoms with E-state index in [-0.39, 0.29) is 19.8 Å². The fraction of sp³-hybridized carbons (Fsp3) is 0.333. The summed E-state index contributed by atoms with van der Waals surface area (Å²) < 4.78 is 9.64. The molecule has 0 heterocycles. The SMILES string of the molecule is CNC(=O)OCCNC(=O)OCc1ccccc1. The summed E-state index contributed by atoms with van der Waals surface area (Å²) >= 11 is 0. The van der Waals surface area contributed by atoms with Crippen molar-refractivity contribution in [2.75, 3.05) is 20.2 Å². The Morgan fingerprint density at radius 3 is 2.50 bits per heavy atom. The Kier molecular flexibility index (Phi) is 6.10. The van der Waals surface area contributed by atoms with Crippen molar-refractivity contribution < 1.29 is 19.1 Å². The van der Waals surface area contributed by atoms with Gasteiger partial charge in [-0.3, -0.25) is 0 Å². The number of nitrogens with one attached hydrogen (secondary N) is 2. The van der Waals surface area contributed by atoms with Crippen LogP contribution < -0.4 is 10.6 Å². The Morgan fingerprint density at radius 2 is 1.83 bits per heavy atom. The van der Waals surface area contributed by atoms with Gasteiger partial charge in [-0.2, -0.15) is 0 Å². The van der Waals surface area contributed by atoms with E-state index in [1.807, 2.05) is 30.3 Å². The second kappa shape index (κ2) is 7.94. The monoisotopic (exact) mass is 252 g/mol. The van der Waals surface area contributed by atoms with Crippen LogP contribution in [0.5, 0.6) is 0 Å². The minimum Gasteiger partial charge on any atom is -0.448 e. The predicted molar refractivity (Wildman–Crippen MR) is 65.0 cm³/mol. The minimum atomic E-state index is -0.542. The third kappa shape index (κ3) is 5.74. The first-order valence-electron chi connectivity index (χ1n) is 5.51. The standard InChI is InChI=1S/C12H16N2O4/c1-13-11(15)17-8-7-14-12(16)18-9-10-5-3-2-4-6-10/h2-6H,7-9H2,1H3,(H,13,15)(H,14,16). The van der Waals surface area contributed by atoms with Crippen molar-refractivity contribution >= 4 is 12.2 Å². The molecule has 0 bridgehead atoms. The van der Waals surface area contributed by atoms with Crippen LogP contribution in [0.1, 0.15) is 5.56 Å². The predicted octanol–water partition coefficient (Wildman–Crippen LogP) is 1.27. The summed E-state index contributed by atoms with van der Waals surface area (Å²) in [7, 11) is 1.46. The zero-order valence-corrected chi connectivity index (χ0v) is 10.1. The van der Waals surface area contributed by atoms with E-state index < -0.39 is 12.2 Å². The summed E-state index contributed by atoms with van der Waals surface area (Å²) in [5.74, 6) is 0. The Morgan fingerprint density at radius 1 is 1.11 bits per heavy atom. The lowest BCUT2D eigenvalue weighted by Crippen LogP contribution is -2.30. The van der Waals surface area contributed by atoms with Crippen molar-refractivity contribution in [2.24, 2.45) is 0 Å². The Bertz CT molecular complexity index is 381. The quantitative estimate of drug-likeness (QED) is 0.774. The molecule has 0 unspecified atom stereocenters. The van der Waals surface area contributed by atoms with E-state index in [1.165, 1.54) is 7.05 Å². The van der Waals surface area contributed by atoms with Gasteiger partial charge in [0.25, 0.3) is 0 Å². The van der Waals surface area contributed by atoms with E-state index in [0.717, 1.165) is 5.56 Å². The van der Waals surface area contributed by atoms with Crippen LogP contribution in [0.4, 0.5) is 9.59 Å². The highest BCUT2D eigenvalue weighted by Gasteiger charge is 2.02. The molecular weight excluding hydrogens is 236 g/mol. The van der Waals surface area contributed by atoms with Gasteiger partial charge in [0, 0.05) is 7.05 Å². The van der Waals surface area contributed by atoms with Crippen LogP contribution in [0.15, 0.2) is 30.3 Å². The number of carbonyl (C=O) groups is 2. The van der Waals surface area contributed by atoms with Crippen LogP contribution in [0.2, 0.25) is 0 Å². The first-order valence-corrected chi connectivity index (χ1v) is 5.51. The molecule has 0 atom stereocenters. The third-order valence-electron chi connectivity index (χ3n) is 2.02. The molecule has 98 valence electrons. The maximum absolute atomic E-state index is 11.2. The molecule has 0 aliphatic carbocycles. The summed E-state index contributed by atoms with van der Waals surface area (Å²) in [5.41, 5.74) is 0.911. The molecule has 0 aliphatic heterocycles. The normalized spacial score (nSPS) is 9.39. The molecule has 2 amide bonds. The largest absolute Gasteiger partial charge is 0.448 e. The molecule has 0 saturated carbocycles. The molecule has 0 radical (unpaired) electrons. The van der Waals surface area contributed by atoms with Crippen LogP contribution >= 0.6 is 0 Å². The smallest absolute Gasteiger partial charge is 0.407 e. The van der Waals surface area contributed by atoms with Crippen LogP contribution in [0, 0.1) is 0 Å². The fourth-order valence-electron chi connectivity index (χ4n) is 1.14. The van der Waals surface area contributed by atoms with Gasteiger partial charge in [0.15, 0.2) is 0 Å². The first kappa shape index (κ1) is 13.8. The first-order chi connectivity index (χ1) is 8.72. The molecule has 1 aromatic rings. The van der Waals surface area contributed by atoms with Gasteiger partial charge >= 0.3 is 12.2 Å². The van der Waals surface area contributed by atoms with Gasteiger partial charge in [0.1, 0.15) is 13.2 Å². The van der Waals surface area contributed by atoms with Crippen molar-refractivity contribution in [3.05, 3.63) is 35.9 Å². The van der Waals surface area contributed by atoms with Gasteiger partial charge in [0.2, 0.25) is 0 Å². The summed E-state index contributed by atoms with van der Waals surface area (Å²) in [4.78, 5) is 21.9. The summed E-state index contributed by atoms with van der Waals surface area (Å²) in [5, 5.41) is 4.76. The lowest BCUT2D eigenvalue weighted by Gasteiger charge is -2.07. The Balaban J connectivity index is 2.09. The van der Waals surface area contributed by atoms with Gasteiger partial charge in [-0.05, 0) is 5.56 Å². The molecule has 0 aromatic heterocycles. The molecule has 1 rings (SSSR count).